The average molecular weight is 203 g/mol. The van der Waals surface area contributed by atoms with Crippen molar-refractivity contribution in [2.45, 2.75) is 33.2 Å². The van der Waals surface area contributed by atoms with Crippen molar-refractivity contribution in [1.29, 1.82) is 0 Å². The summed E-state index contributed by atoms with van der Waals surface area (Å²) in [6, 6.07) is 10.2. The van der Waals surface area contributed by atoms with Gasteiger partial charge >= 0.3 is 0 Å². The van der Waals surface area contributed by atoms with Crippen LogP contribution in [-0.2, 0) is 0 Å². The fourth-order valence-corrected chi connectivity index (χ4v) is 1.24. The molecule has 0 radical (unpaired) electrons. The molecule has 1 nitrogen and oxygen atoms in total. The summed E-state index contributed by atoms with van der Waals surface area (Å²) in [5, 5.41) is 3.48. The maximum absolute atomic E-state index is 4.08. The third-order valence-electron chi connectivity index (χ3n) is 3.04. The Morgan fingerprint density at radius 3 is 2.20 bits per heavy atom. The molecule has 0 saturated heterocycles. The monoisotopic (exact) mass is 203 g/mol. The lowest BCUT2D eigenvalue weighted by Gasteiger charge is -2.32. The number of hydrogen-bond acceptors (Lipinski definition) is 1. The maximum atomic E-state index is 4.08. The Labute approximate surface area is 93.2 Å². The van der Waals surface area contributed by atoms with Gasteiger partial charge < -0.3 is 5.32 Å². The van der Waals surface area contributed by atoms with Crippen LogP contribution in [0.15, 0.2) is 36.9 Å². The lowest BCUT2D eigenvalue weighted by atomic mass is 9.90. The molecule has 0 aliphatic rings. The largest absolute Gasteiger partial charge is 0.380 e. The molecule has 0 amide bonds. The van der Waals surface area contributed by atoms with Gasteiger partial charge in [-0.3, -0.25) is 0 Å². The topological polar surface area (TPSA) is 12.0 Å². The lowest BCUT2D eigenvalue weighted by molar-refractivity contribution is 0.328. The predicted molar refractivity (Wildman–Crippen MR) is 67.5 cm³/mol. The molecular weight excluding hydrogens is 182 g/mol. The van der Waals surface area contributed by atoms with Crippen LogP contribution in [0.25, 0.3) is 5.70 Å². The summed E-state index contributed by atoms with van der Waals surface area (Å²) in [6.45, 7) is 12.9. The van der Waals surface area contributed by atoms with Crippen LogP contribution in [0.5, 0.6) is 0 Å². The first kappa shape index (κ1) is 11.8. The highest BCUT2D eigenvalue weighted by molar-refractivity contribution is 5.61. The zero-order valence-electron chi connectivity index (χ0n) is 10.2. The third kappa shape index (κ3) is 3.12. The maximum Gasteiger partial charge on any atom is 0.0344 e. The van der Waals surface area contributed by atoms with Crippen LogP contribution >= 0.6 is 0 Å². The molecule has 1 heteroatoms. The molecule has 0 spiro atoms. The Kier molecular flexibility index (Phi) is 3.57. The van der Waals surface area contributed by atoms with Crippen molar-refractivity contribution in [1.82, 2.24) is 5.32 Å². The molecule has 0 aliphatic heterocycles. The second-order valence-electron chi connectivity index (χ2n) is 4.85. The van der Waals surface area contributed by atoms with Gasteiger partial charge in [-0.1, -0.05) is 50.8 Å². The van der Waals surface area contributed by atoms with E-state index in [-0.39, 0.29) is 5.54 Å². The first-order valence-electron chi connectivity index (χ1n) is 5.46. The third-order valence-corrected chi connectivity index (χ3v) is 3.04. The van der Waals surface area contributed by atoms with E-state index in [9.17, 15) is 0 Å². The Morgan fingerprint density at radius 1 is 1.20 bits per heavy atom. The van der Waals surface area contributed by atoms with Gasteiger partial charge in [0.15, 0.2) is 0 Å². The molecule has 0 saturated carbocycles. The number of nitrogens with one attached hydrogen (secondary N) is 1. The normalized spacial score (nSPS) is 11.5. The Hall–Kier alpha value is -1.24. The Balaban J connectivity index is 2.73. The highest BCUT2D eigenvalue weighted by Gasteiger charge is 2.22. The van der Waals surface area contributed by atoms with Crippen LogP contribution in [0, 0.1) is 5.92 Å². The van der Waals surface area contributed by atoms with E-state index in [0.717, 1.165) is 11.3 Å². The summed E-state index contributed by atoms with van der Waals surface area (Å²) in [5.41, 5.74) is 2.23. The summed E-state index contributed by atoms with van der Waals surface area (Å²) >= 11 is 0. The SMILES string of the molecule is C=C(NC(C)(C)C(C)C)c1ccccc1. The van der Waals surface area contributed by atoms with Gasteiger partial charge in [0.25, 0.3) is 0 Å². The molecule has 1 aromatic carbocycles. The van der Waals surface area contributed by atoms with Gasteiger partial charge in [0, 0.05) is 11.2 Å². The number of hydrogen-bond donors (Lipinski definition) is 1. The van der Waals surface area contributed by atoms with E-state index < -0.39 is 0 Å². The number of rotatable bonds is 4. The molecule has 0 bridgehead atoms. The van der Waals surface area contributed by atoms with Crippen molar-refractivity contribution >= 4 is 5.70 Å². The summed E-state index contributed by atoms with van der Waals surface area (Å²) < 4.78 is 0. The van der Waals surface area contributed by atoms with Gasteiger partial charge in [-0.2, -0.15) is 0 Å². The van der Waals surface area contributed by atoms with Crippen molar-refractivity contribution in [2.75, 3.05) is 0 Å². The van der Waals surface area contributed by atoms with E-state index in [2.05, 4.69) is 51.7 Å². The summed E-state index contributed by atoms with van der Waals surface area (Å²) in [4.78, 5) is 0. The van der Waals surface area contributed by atoms with Gasteiger partial charge in [0.05, 0.1) is 0 Å². The minimum absolute atomic E-state index is 0.0763. The van der Waals surface area contributed by atoms with Crippen LogP contribution in [0.3, 0.4) is 0 Å². The van der Waals surface area contributed by atoms with Crippen LogP contribution in [0.1, 0.15) is 33.3 Å². The number of benzene rings is 1. The molecule has 0 heterocycles. The standard InChI is InChI=1S/C14H21N/c1-11(2)14(4,5)15-12(3)13-9-7-6-8-10-13/h6-11,15H,3H2,1-2,4-5H3. The van der Waals surface area contributed by atoms with Crippen molar-refractivity contribution in [3.63, 3.8) is 0 Å². The fraction of sp³-hybridized carbons (Fsp3) is 0.429. The van der Waals surface area contributed by atoms with Crippen molar-refractivity contribution in [2.24, 2.45) is 5.92 Å². The molecule has 1 aromatic rings. The van der Waals surface area contributed by atoms with Crippen LogP contribution in [0.2, 0.25) is 0 Å². The van der Waals surface area contributed by atoms with Gasteiger partial charge in [0.2, 0.25) is 0 Å². The van der Waals surface area contributed by atoms with Crippen LogP contribution < -0.4 is 5.32 Å². The predicted octanol–water partition coefficient (Wildman–Crippen LogP) is 3.68. The van der Waals surface area contributed by atoms with Gasteiger partial charge in [0.1, 0.15) is 0 Å². The smallest absolute Gasteiger partial charge is 0.0344 e. The lowest BCUT2D eigenvalue weighted by Crippen LogP contribution is -2.42. The summed E-state index contributed by atoms with van der Waals surface area (Å²) in [5.74, 6) is 0.568. The van der Waals surface area contributed by atoms with Gasteiger partial charge in [-0.15, -0.1) is 0 Å². The van der Waals surface area contributed by atoms with Gasteiger partial charge in [-0.05, 0) is 25.3 Å². The average Bonchev–Trinajstić information content (AvgIpc) is 2.18. The first-order chi connectivity index (χ1) is 6.93. The van der Waals surface area contributed by atoms with Crippen molar-refractivity contribution in [3.8, 4) is 0 Å². The van der Waals surface area contributed by atoms with Crippen LogP contribution in [0.4, 0.5) is 0 Å². The van der Waals surface area contributed by atoms with E-state index in [1.165, 1.54) is 0 Å². The summed E-state index contributed by atoms with van der Waals surface area (Å²) in [7, 11) is 0. The molecular formula is C14H21N. The van der Waals surface area contributed by atoms with E-state index in [1.807, 2.05) is 18.2 Å². The summed E-state index contributed by atoms with van der Waals surface area (Å²) in [6.07, 6.45) is 0. The molecule has 0 aliphatic carbocycles. The highest BCUT2D eigenvalue weighted by Crippen LogP contribution is 2.20. The second-order valence-corrected chi connectivity index (χ2v) is 4.85. The molecule has 1 rings (SSSR count). The minimum atomic E-state index is 0.0763. The van der Waals surface area contributed by atoms with E-state index >= 15 is 0 Å². The molecule has 0 unspecified atom stereocenters. The van der Waals surface area contributed by atoms with E-state index in [4.69, 9.17) is 0 Å². The molecule has 0 fully saturated rings. The quantitative estimate of drug-likeness (QED) is 0.787. The van der Waals surface area contributed by atoms with Crippen molar-refractivity contribution in [3.05, 3.63) is 42.5 Å². The highest BCUT2D eigenvalue weighted by atomic mass is 15.0. The molecule has 15 heavy (non-hydrogen) atoms. The Bertz CT molecular complexity index is 322. The second kappa shape index (κ2) is 4.52. The fourth-order valence-electron chi connectivity index (χ4n) is 1.24. The minimum Gasteiger partial charge on any atom is -0.380 e. The zero-order valence-corrected chi connectivity index (χ0v) is 10.2. The van der Waals surface area contributed by atoms with Gasteiger partial charge in [-0.25, -0.2) is 0 Å². The van der Waals surface area contributed by atoms with Crippen molar-refractivity contribution < 1.29 is 0 Å². The van der Waals surface area contributed by atoms with Crippen LogP contribution in [-0.4, -0.2) is 5.54 Å². The Morgan fingerprint density at radius 2 is 1.73 bits per heavy atom. The first-order valence-corrected chi connectivity index (χ1v) is 5.46. The zero-order chi connectivity index (χ0) is 11.5. The van der Waals surface area contributed by atoms with E-state index in [0.29, 0.717) is 5.92 Å². The molecule has 0 aromatic heterocycles. The molecule has 1 N–H and O–H groups in total. The van der Waals surface area contributed by atoms with E-state index in [1.54, 1.807) is 0 Å². The molecule has 82 valence electrons. The molecule has 0 atom stereocenters.